The van der Waals surface area contributed by atoms with Gasteiger partial charge in [0.25, 0.3) is 0 Å². The monoisotopic (exact) mass is 672 g/mol. The molecule has 0 bridgehead atoms. The van der Waals surface area contributed by atoms with E-state index in [9.17, 15) is 57.9 Å². The average molecular weight is 672 g/mol. The maximum absolute atomic E-state index is 14.1. The highest BCUT2D eigenvalue weighted by molar-refractivity contribution is 5.47. The lowest BCUT2D eigenvalue weighted by Crippen LogP contribution is -2.54. The molecule has 0 aromatic heterocycles. The number of aromatic hydroxyl groups is 3. The molecule has 16 heteroatoms. The van der Waals surface area contributed by atoms with E-state index in [1.54, 1.807) is 0 Å². The van der Waals surface area contributed by atoms with Gasteiger partial charge in [0.1, 0.15) is 23.9 Å². The van der Waals surface area contributed by atoms with Crippen LogP contribution in [0, 0.1) is 23.3 Å². The first-order valence-electron chi connectivity index (χ1n) is 12.5. The Morgan fingerprint density at radius 1 is 0.543 bits per heavy atom. The van der Waals surface area contributed by atoms with Crippen molar-refractivity contribution in [1.82, 2.24) is 0 Å². The van der Waals surface area contributed by atoms with Crippen LogP contribution in [0.3, 0.4) is 0 Å². The van der Waals surface area contributed by atoms with Crippen molar-refractivity contribution in [2.45, 2.75) is 30.1 Å². The third kappa shape index (κ3) is 6.20. The van der Waals surface area contributed by atoms with Crippen LogP contribution >= 0.6 is 0 Å². The van der Waals surface area contributed by atoms with Gasteiger partial charge in [-0.3, -0.25) is 4.94 Å². The molecule has 0 saturated carbocycles. The van der Waals surface area contributed by atoms with E-state index in [0.29, 0.717) is 24.3 Å². The van der Waals surface area contributed by atoms with Crippen molar-refractivity contribution < 1.29 is 73.1 Å². The van der Waals surface area contributed by atoms with Gasteiger partial charge in [0.05, 0.1) is 5.41 Å². The van der Waals surface area contributed by atoms with Crippen molar-refractivity contribution >= 4 is 0 Å². The highest BCUT2D eigenvalue weighted by Crippen LogP contribution is 2.56. The Balaban J connectivity index is 0.000000250. The van der Waals surface area contributed by atoms with Crippen LogP contribution in [0.1, 0.15) is 29.2 Å². The van der Waals surface area contributed by atoms with Crippen LogP contribution in [0.15, 0.2) is 72.8 Å². The Hall–Kier alpha value is -4.76. The topological polar surface area (TPSA) is 69.9 Å². The zero-order chi connectivity index (χ0) is 34.8. The maximum Gasteiger partial charge on any atom is 0.411 e. The SMILES string of the molecule is CC(CF)(c1ccc(O)cc1)c1c(F)c(F)c(OF)c(F)c1F.Oc1ccc(C(c2ccc(O)cc2)(C(F)(F)F)C(F)(F)F)cc1. The summed E-state index contributed by atoms with van der Waals surface area (Å²) in [6, 6.07) is 9.81. The molecule has 248 valence electrons. The molecule has 1 unspecified atom stereocenters. The number of hydrogen-bond donors (Lipinski definition) is 3. The van der Waals surface area contributed by atoms with Crippen LogP contribution in [0.5, 0.6) is 23.0 Å². The van der Waals surface area contributed by atoms with E-state index in [0.717, 1.165) is 55.5 Å². The van der Waals surface area contributed by atoms with Crippen molar-refractivity contribution in [3.63, 3.8) is 0 Å². The molecule has 0 fully saturated rings. The van der Waals surface area contributed by atoms with Crippen molar-refractivity contribution in [1.29, 1.82) is 0 Å². The fraction of sp³-hybridized carbons (Fsp3) is 0.200. The van der Waals surface area contributed by atoms with Gasteiger partial charge in [-0.1, -0.05) is 36.4 Å². The summed E-state index contributed by atoms with van der Waals surface area (Å²) in [6.07, 6.45) is -11.4. The van der Waals surface area contributed by atoms with Crippen LogP contribution in [-0.2, 0) is 10.8 Å². The molecule has 46 heavy (non-hydrogen) atoms. The minimum absolute atomic E-state index is 0.0525. The summed E-state index contributed by atoms with van der Waals surface area (Å²) in [5.41, 5.74) is -9.86. The van der Waals surface area contributed by atoms with Crippen molar-refractivity contribution in [3.8, 4) is 23.0 Å². The zero-order valence-electron chi connectivity index (χ0n) is 22.9. The summed E-state index contributed by atoms with van der Waals surface area (Å²) in [5.74, 6) is -11.2. The first-order valence-corrected chi connectivity index (χ1v) is 12.5. The van der Waals surface area contributed by atoms with Gasteiger partial charge >= 0.3 is 12.4 Å². The highest BCUT2D eigenvalue weighted by atomic mass is 19.4. The molecule has 4 nitrogen and oxygen atoms in total. The summed E-state index contributed by atoms with van der Waals surface area (Å²) in [4.78, 5) is 2.80. The normalized spacial score (nSPS) is 13.4. The van der Waals surface area contributed by atoms with Gasteiger partial charge in [-0.2, -0.15) is 35.1 Å². The van der Waals surface area contributed by atoms with Gasteiger partial charge in [0, 0.05) is 10.1 Å². The Morgan fingerprint density at radius 3 is 1.11 bits per heavy atom. The van der Waals surface area contributed by atoms with E-state index in [4.69, 9.17) is 10.2 Å². The van der Waals surface area contributed by atoms with Gasteiger partial charge < -0.3 is 15.3 Å². The molecule has 4 rings (SSSR count). The molecule has 0 saturated heterocycles. The van der Waals surface area contributed by atoms with Gasteiger partial charge in [0.2, 0.25) is 22.8 Å². The Kier molecular flexibility index (Phi) is 10.0. The zero-order valence-corrected chi connectivity index (χ0v) is 22.9. The molecular formula is C30H20F12O4. The first-order chi connectivity index (χ1) is 21.3. The van der Waals surface area contributed by atoms with E-state index in [-0.39, 0.29) is 11.3 Å². The quantitative estimate of drug-likeness (QED) is 0.141. The third-order valence-corrected chi connectivity index (χ3v) is 7.07. The van der Waals surface area contributed by atoms with Crippen LogP contribution in [0.2, 0.25) is 0 Å². The number of phenols is 3. The van der Waals surface area contributed by atoms with Gasteiger partial charge in [-0.25, -0.2) is 13.2 Å². The van der Waals surface area contributed by atoms with E-state index >= 15 is 0 Å². The first kappa shape index (κ1) is 35.7. The van der Waals surface area contributed by atoms with Crippen molar-refractivity contribution in [3.05, 3.63) is 118 Å². The minimum atomic E-state index is -5.70. The minimum Gasteiger partial charge on any atom is -0.508 e. The standard InChI is InChI=1S/2C15H10F6O2/c16-14(17,18)13(15(19,20)21,9-1-5-11(22)6-2-9)10-3-7-12(23)8-4-10;1-15(6-16,7-2-4-8(22)5-3-7)9-10(17)12(19)14(23-21)13(20)11(9)18/h1-8,22-23H;2-5,22H,6H2,1H3. The third-order valence-electron chi connectivity index (χ3n) is 7.07. The van der Waals surface area contributed by atoms with E-state index < -0.39 is 87.1 Å². The number of halogens is 12. The lowest BCUT2D eigenvalue weighted by molar-refractivity contribution is -0.288. The maximum atomic E-state index is 14.1. The number of phenolic OH excluding ortho intramolecular Hbond substituents is 3. The Morgan fingerprint density at radius 2 is 0.848 bits per heavy atom. The van der Waals surface area contributed by atoms with Gasteiger partial charge in [0.15, 0.2) is 11.6 Å². The molecule has 0 heterocycles. The van der Waals surface area contributed by atoms with Crippen molar-refractivity contribution in [2.75, 3.05) is 6.67 Å². The Bertz CT molecular complexity index is 1560. The van der Waals surface area contributed by atoms with Crippen LogP contribution < -0.4 is 4.94 Å². The molecule has 1 atom stereocenters. The largest absolute Gasteiger partial charge is 0.508 e. The molecule has 0 aliphatic rings. The highest BCUT2D eigenvalue weighted by Gasteiger charge is 2.72. The lowest BCUT2D eigenvalue weighted by Gasteiger charge is -2.38. The number of hydrogen-bond acceptors (Lipinski definition) is 4. The van der Waals surface area contributed by atoms with Crippen LogP contribution in [0.25, 0.3) is 0 Å². The average Bonchev–Trinajstić information content (AvgIpc) is 2.98. The summed E-state index contributed by atoms with van der Waals surface area (Å²) in [6.45, 7) is -0.407. The summed E-state index contributed by atoms with van der Waals surface area (Å²) in [5, 5.41) is 27.5. The fourth-order valence-corrected chi connectivity index (χ4v) is 4.69. The number of benzene rings is 4. The van der Waals surface area contributed by atoms with E-state index in [2.05, 4.69) is 4.94 Å². The summed E-state index contributed by atoms with van der Waals surface area (Å²) < 4.78 is 163. The molecular weight excluding hydrogens is 652 g/mol. The van der Waals surface area contributed by atoms with Crippen LogP contribution in [-0.4, -0.2) is 34.3 Å². The second-order valence-corrected chi connectivity index (χ2v) is 9.89. The van der Waals surface area contributed by atoms with Crippen molar-refractivity contribution in [2.24, 2.45) is 0 Å². The molecule has 0 aliphatic carbocycles. The predicted octanol–water partition coefficient (Wildman–Crippen LogP) is 9.00. The second kappa shape index (κ2) is 12.9. The molecule has 0 aliphatic heterocycles. The molecule has 0 amide bonds. The molecule has 0 radical (unpaired) electrons. The van der Waals surface area contributed by atoms with Gasteiger partial charge in [-0.05, 0) is 60.0 Å². The summed E-state index contributed by atoms with van der Waals surface area (Å²) in [7, 11) is 0. The number of alkyl halides is 7. The second-order valence-electron chi connectivity index (χ2n) is 9.89. The molecule has 0 spiro atoms. The lowest BCUT2D eigenvalue weighted by atomic mass is 9.73. The Labute approximate surface area is 251 Å². The molecule has 4 aromatic rings. The summed E-state index contributed by atoms with van der Waals surface area (Å²) >= 11 is 0. The molecule has 4 aromatic carbocycles. The predicted molar refractivity (Wildman–Crippen MR) is 138 cm³/mol. The fourth-order valence-electron chi connectivity index (χ4n) is 4.69. The van der Waals surface area contributed by atoms with Crippen LogP contribution in [0.4, 0.5) is 52.8 Å². The van der Waals surface area contributed by atoms with E-state index in [1.165, 1.54) is 0 Å². The number of rotatable bonds is 6. The molecule has 3 N–H and O–H groups in total. The smallest absolute Gasteiger partial charge is 0.411 e. The van der Waals surface area contributed by atoms with E-state index in [1.807, 2.05) is 0 Å². The van der Waals surface area contributed by atoms with Gasteiger partial charge in [-0.15, -0.1) is 0 Å².